The molecule has 0 aliphatic rings. The summed E-state index contributed by atoms with van der Waals surface area (Å²) in [5.74, 6) is -0.907. The molecule has 536 valence electrons. The number of quaternary nitrogens is 1. The van der Waals surface area contributed by atoms with Crippen molar-refractivity contribution in [2.45, 2.75) is 523 Å². The smallest absolute Gasteiger partial charge is 0.0786 e. The van der Waals surface area contributed by atoms with Crippen molar-refractivity contribution in [2.75, 3.05) is 26.2 Å². The van der Waals surface area contributed by atoms with E-state index in [1.54, 1.807) is 0 Å². The third-order valence-electron chi connectivity index (χ3n) is 20.9. The normalized spacial score (nSPS) is 11.7. The van der Waals surface area contributed by atoms with Crippen LogP contribution in [0.4, 0.5) is 0 Å². The molecule has 0 aromatic carbocycles. The lowest BCUT2D eigenvalue weighted by molar-refractivity contribution is -0.929. The van der Waals surface area contributed by atoms with Crippen LogP contribution in [-0.2, 0) is 4.79 Å². The lowest BCUT2D eigenvalue weighted by Gasteiger charge is -2.40. The highest BCUT2D eigenvalue weighted by molar-refractivity contribution is 5.64. The van der Waals surface area contributed by atoms with E-state index in [1.165, 1.54) is 499 Å². The minimum Gasteiger partial charge on any atom is -0.550 e. The van der Waals surface area contributed by atoms with Crippen molar-refractivity contribution in [1.82, 2.24) is 0 Å². The van der Waals surface area contributed by atoms with Crippen molar-refractivity contribution in [3.8, 4) is 0 Å². The number of carboxylic acids is 1. The molecular formula is C86H175NO2. The van der Waals surface area contributed by atoms with Crippen molar-refractivity contribution in [3.05, 3.63) is 0 Å². The third-order valence-corrected chi connectivity index (χ3v) is 20.9. The zero-order chi connectivity index (χ0) is 64.6. The number of aliphatic carboxylic acids is 1. The summed E-state index contributed by atoms with van der Waals surface area (Å²) in [7, 11) is 0. The third kappa shape index (κ3) is 81.6. The van der Waals surface area contributed by atoms with Gasteiger partial charge in [0.05, 0.1) is 26.2 Å². The van der Waals surface area contributed by atoms with Gasteiger partial charge in [-0.15, -0.1) is 0 Å². The van der Waals surface area contributed by atoms with Crippen molar-refractivity contribution < 1.29 is 14.4 Å². The monoisotopic (exact) mass is 1250 g/mol. The van der Waals surface area contributed by atoms with Crippen LogP contribution in [0.3, 0.4) is 0 Å². The summed E-state index contributed by atoms with van der Waals surface area (Å²) >= 11 is 0. The average molecular weight is 1260 g/mol. The van der Waals surface area contributed by atoms with Crippen LogP contribution in [0.25, 0.3) is 0 Å². The Bertz CT molecular complexity index is 1070. The van der Waals surface area contributed by atoms with E-state index in [9.17, 15) is 9.90 Å². The molecule has 0 fully saturated rings. The van der Waals surface area contributed by atoms with E-state index in [0.29, 0.717) is 0 Å². The Kier molecular flexibility index (Phi) is 84.9. The van der Waals surface area contributed by atoms with Crippen LogP contribution in [0.1, 0.15) is 523 Å². The van der Waals surface area contributed by atoms with E-state index in [1.807, 2.05) is 0 Å². The SMILES string of the molecule is CCCCCCCCCCCCCC(=O)[O-].CCCCCCCCCCCCCCCCCC[N+](CCCCCCCCCCCCCCCCCC)(CCCCCCCCCCCCCCCCCC)CCCCCCCCCCCCCCCCCC. The molecule has 89 heavy (non-hydrogen) atoms. The Hall–Kier alpha value is -0.570. The van der Waals surface area contributed by atoms with Gasteiger partial charge in [-0.3, -0.25) is 0 Å². The van der Waals surface area contributed by atoms with Crippen molar-refractivity contribution in [3.63, 3.8) is 0 Å². The average Bonchev–Trinajstić information content (AvgIpc) is 3.59. The number of carbonyl (C=O) groups excluding carboxylic acids is 1. The molecule has 0 aromatic rings. The molecular weight excluding hydrogens is 1080 g/mol. The summed E-state index contributed by atoms with van der Waals surface area (Å²) in [5.41, 5.74) is 0. The second-order valence-corrected chi connectivity index (χ2v) is 30.1. The first-order valence-electron chi connectivity index (χ1n) is 43.1. The lowest BCUT2D eigenvalue weighted by Crippen LogP contribution is -2.50. The van der Waals surface area contributed by atoms with E-state index in [0.717, 1.165) is 12.8 Å². The minimum absolute atomic E-state index is 0.233. The first kappa shape index (κ1) is 90.5. The van der Waals surface area contributed by atoms with Gasteiger partial charge in [-0.25, -0.2) is 0 Å². The summed E-state index contributed by atoms with van der Waals surface area (Å²) in [6, 6.07) is 0. The number of unbranched alkanes of at least 4 members (excludes halogenated alkanes) is 70. The Morgan fingerprint density at radius 1 is 0.169 bits per heavy atom. The van der Waals surface area contributed by atoms with E-state index >= 15 is 0 Å². The fourth-order valence-corrected chi connectivity index (χ4v) is 14.6. The van der Waals surface area contributed by atoms with E-state index < -0.39 is 5.97 Å². The molecule has 0 heterocycles. The molecule has 0 aliphatic heterocycles. The van der Waals surface area contributed by atoms with Gasteiger partial charge in [-0.05, 0) is 64.2 Å². The maximum atomic E-state index is 10.1. The molecule has 0 saturated heterocycles. The van der Waals surface area contributed by atoms with Gasteiger partial charge in [-0.1, -0.05) is 458 Å². The largest absolute Gasteiger partial charge is 0.550 e. The molecule has 0 aliphatic carbocycles. The number of rotatable bonds is 80. The van der Waals surface area contributed by atoms with Gasteiger partial charge >= 0.3 is 0 Å². The van der Waals surface area contributed by atoms with Crippen molar-refractivity contribution in [2.24, 2.45) is 0 Å². The maximum Gasteiger partial charge on any atom is 0.0786 e. The Morgan fingerprint density at radius 3 is 0.382 bits per heavy atom. The Morgan fingerprint density at radius 2 is 0.270 bits per heavy atom. The first-order valence-corrected chi connectivity index (χ1v) is 43.1. The standard InChI is InChI=1S/C72H148N.C14H28O2/c1-5-9-13-17-21-25-29-33-37-41-45-49-53-57-61-65-69-73(70-66-62-58-54-50-46-42-38-34-30-26-22-18-14-10-6-2,71-67-63-59-55-51-47-43-39-35-31-27-23-19-15-11-7-3)72-68-64-60-56-52-48-44-40-36-32-28-24-20-16-12-8-4;1-2-3-4-5-6-7-8-9-10-11-12-13-14(15)16/h5-72H2,1-4H3;2-13H2,1H3,(H,15,16)/q+1;/p-1. The highest BCUT2D eigenvalue weighted by Gasteiger charge is 2.26. The number of carboxylic acid groups (broad SMARTS) is 1. The predicted octanol–water partition coefficient (Wildman–Crippen LogP) is 30.3. The van der Waals surface area contributed by atoms with Gasteiger partial charge in [0.25, 0.3) is 0 Å². The van der Waals surface area contributed by atoms with E-state index in [-0.39, 0.29) is 6.42 Å². The molecule has 0 saturated carbocycles. The molecule has 0 amide bonds. The molecule has 0 bridgehead atoms. The molecule has 3 nitrogen and oxygen atoms in total. The zero-order valence-corrected chi connectivity index (χ0v) is 63.3. The van der Waals surface area contributed by atoms with Gasteiger partial charge in [0.1, 0.15) is 0 Å². The van der Waals surface area contributed by atoms with Crippen LogP contribution < -0.4 is 5.11 Å². The molecule has 0 spiro atoms. The summed E-state index contributed by atoms with van der Waals surface area (Å²) in [6.07, 6.45) is 109. The molecule has 0 aromatic heterocycles. The van der Waals surface area contributed by atoms with E-state index in [4.69, 9.17) is 0 Å². The Balaban J connectivity index is 0. The molecule has 0 atom stereocenters. The first-order chi connectivity index (χ1) is 44.0. The summed E-state index contributed by atoms with van der Waals surface area (Å²) in [4.78, 5) is 10.1. The second kappa shape index (κ2) is 83.5. The van der Waals surface area contributed by atoms with Crippen molar-refractivity contribution in [1.29, 1.82) is 0 Å². The van der Waals surface area contributed by atoms with Gasteiger partial charge in [0.2, 0.25) is 0 Å². The molecule has 0 radical (unpaired) electrons. The fraction of sp³-hybridized carbons (Fsp3) is 0.988. The highest BCUT2D eigenvalue weighted by Crippen LogP contribution is 2.24. The van der Waals surface area contributed by atoms with Crippen LogP contribution in [0.2, 0.25) is 0 Å². The number of nitrogens with zero attached hydrogens (tertiary/aromatic N) is 1. The van der Waals surface area contributed by atoms with Gasteiger partial charge in [0.15, 0.2) is 0 Å². The summed E-state index contributed by atoms with van der Waals surface area (Å²) in [5, 5.41) is 10.1. The minimum atomic E-state index is -0.907. The lowest BCUT2D eigenvalue weighted by atomic mass is 10.0. The summed E-state index contributed by atoms with van der Waals surface area (Å²) in [6.45, 7) is 17.6. The second-order valence-electron chi connectivity index (χ2n) is 30.1. The van der Waals surface area contributed by atoms with Crippen LogP contribution in [0.5, 0.6) is 0 Å². The quantitative estimate of drug-likeness (QED) is 0.0450. The predicted molar refractivity (Wildman–Crippen MR) is 404 cm³/mol. The topological polar surface area (TPSA) is 40.1 Å². The summed E-state index contributed by atoms with van der Waals surface area (Å²) < 4.78 is 1.49. The van der Waals surface area contributed by atoms with Crippen LogP contribution >= 0.6 is 0 Å². The number of carbonyl (C=O) groups is 1. The highest BCUT2D eigenvalue weighted by atomic mass is 16.4. The molecule has 0 unspecified atom stereocenters. The fourth-order valence-electron chi connectivity index (χ4n) is 14.6. The van der Waals surface area contributed by atoms with E-state index in [2.05, 4.69) is 34.6 Å². The molecule has 3 heteroatoms. The molecule has 0 rings (SSSR count). The van der Waals surface area contributed by atoms with Gasteiger partial charge in [-0.2, -0.15) is 0 Å². The molecule has 0 N–H and O–H groups in total. The zero-order valence-electron chi connectivity index (χ0n) is 63.3. The number of hydrogen-bond donors (Lipinski definition) is 0. The van der Waals surface area contributed by atoms with Crippen LogP contribution in [-0.4, -0.2) is 36.6 Å². The number of hydrogen-bond acceptors (Lipinski definition) is 2. The van der Waals surface area contributed by atoms with Crippen LogP contribution in [0, 0.1) is 0 Å². The van der Waals surface area contributed by atoms with Gasteiger partial charge < -0.3 is 14.4 Å². The van der Waals surface area contributed by atoms with Crippen LogP contribution in [0.15, 0.2) is 0 Å². The van der Waals surface area contributed by atoms with Gasteiger partial charge in [0, 0.05) is 5.97 Å². The van der Waals surface area contributed by atoms with Crippen molar-refractivity contribution >= 4 is 5.97 Å². The Labute approximate surface area is 566 Å². The maximum absolute atomic E-state index is 10.1.